The molecule has 0 saturated carbocycles. The minimum atomic E-state index is -2.42. The van der Waals surface area contributed by atoms with Crippen molar-refractivity contribution in [1.29, 1.82) is 0 Å². The summed E-state index contributed by atoms with van der Waals surface area (Å²) in [5.74, 6) is -0.220. The lowest BCUT2D eigenvalue weighted by Gasteiger charge is -2.24. The predicted molar refractivity (Wildman–Crippen MR) is 84.0 cm³/mol. The molecule has 0 aliphatic rings. The van der Waals surface area contributed by atoms with Gasteiger partial charge in [-0.3, -0.25) is 4.79 Å². The molecule has 0 aromatic carbocycles. The molecule has 120 valence electrons. The summed E-state index contributed by atoms with van der Waals surface area (Å²) < 4.78 is 20.6. The van der Waals surface area contributed by atoms with Crippen molar-refractivity contribution in [2.45, 2.75) is 49.9 Å². The summed E-state index contributed by atoms with van der Waals surface area (Å²) in [5, 5.41) is 0. The summed E-state index contributed by atoms with van der Waals surface area (Å²) in [6.07, 6.45) is 3.91. The van der Waals surface area contributed by atoms with E-state index < -0.39 is 13.1 Å². The van der Waals surface area contributed by atoms with Gasteiger partial charge in [0.2, 0.25) is 0 Å². The van der Waals surface area contributed by atoms with Crippen molar-refractivity contribution < 1.29 is 22.8 Å². The molecule has 0 aliphatic carbocycles. The maximum absolute atomic E-state index is 11.5. The second-order valence-corrected chi connectivity index (χ2v) is 10.1. The molecule has 0 spiro atoms. The zero-order valence-corrected chi connectivity index (χ0v) is 15.7. The molecule has 7 heteroatoms. The van der Waals surface area contributed by atoms with Crippen LogP contribution in [0.2, 0.25) is 6.04 Å². The number of carbonyl (C=O) groups excluding carboxylic acids is 1. The van der Waals surface area contributed by atoms with E-state index in [4.69, 9.17) is 18.0 Å². The first-order valence-electron chi connectivity index (χ1n) is 6.83. The van der Waals surface area contributed by atoms with Crippen LogP contribution in [-0.4, -0.2) is 47.0 Å². The van der Waals surface area contributed by atoms with Crippen molar-refractivity contribution >= 4 is 30.7 Å². The van der Waals surface area contributed by atoms with Crippen molar-refractivity contribution in [3.05, 3.63) is 0 Å². The summed E-state index contributed by atoms with van der Waals surface area (Å²) in [6.45, 7) is 4.02. The maximum atomic E-state index is 11.5. The third-order valence-corrected chi connectivity index (χ3v) is 6.18. The van der Waals surface area contributed by atoms with Crippen LogP contribution >= 0.6 is 15.9 Å². The molecule has 0 N–H and O–H groups in total. The van der Waals surface area contributed by atoms with Gasteiger partial charge in [-0.2, -0.15) is 0 Å². The smallest absolute Gasteiger partial charge is 0.465 e. The van der Waals surface area contributed by atoms with E-state index in [9.17, 15) is 4.79 Å². The molecular formula is C13H27BrO5Si. The van der Waals surface area contributed by atoms with Gasteiger partial charge < -0.3 is 18.0 Å². The number of hydrogen-bond donors (Lipinski definition) is 0. The topological polar surface area (TPSA) is 54.0 Å². The number of ether oxygens (including phenoxy) is 1. The summed E-state index contributed by atoms with van der Waals surface area (Å²) in [6, 6.07) is 0.810. The van der Waals surface area contributed by atoms with E-state index >= 15 is 0 Å². The SMILES string of the molecule is CO[Si](CCCCCCOC(=O)C(C)(C)Br)(OC)OC. The zero-order chi connectivity index (χ0) is 15.6. The fourth-order valence-corrected chi connectivity index (χ4v) is 3.60. The molecule has 0 saturated heterocycles. The average Bonchev–Trinajstić information content (AvgIpc) is 2.41. The maximum Gasteiger partial charge on any atom is 0.500 e. The second-order valence-electron chi connectivity index (χ2n) is 5.07. The molecule has 0 rings (SSSR count). The molecule has 0 bridgehead atoms. The van der Waals surface area contributed by atoms with Gasteiger partial charge in [-0.25, -0.2) is 0 Å². The molecule has 5 nitrogen and oxygen atoms in total. The summed E-state index contributed by atoms with van der Waals surface area (Å²) >= 11 is 3.27. The Labute approximate surface area is 131 Å². The van der Waals surface area contributed by atoms with Crippen LogP contribution < -0.4 is 0 Å². The zero-order valence-electron chi connectivity index (χ0n) is 13.2. The van der Waals surface area contributed by atoms with Crippen molar-refractivity contribution in [2.75, 3.05) is 27.9 Å². The molecule has 0 amide bonds. The van der Waals surface area contributed by atoms with Gasteiger partial charge in [0.15, 0.2) is 0 Å². The van der Waals surface area contributed by atoms with E-state index in [0.29, 0.717) is 6.61 Å². The molecular weight excluding hydrogens is 344 g/mol. The predicted octanol–water partition coefficient (Wildman–Crippen LogP) is 3.14. The van der Waals surface area contributed by atoms with Crippen LogP contribution in [0.25, 0.3) is 0 Å². The highest BCUT2D eigenvalue weighted by Crippen LogP contribution is 2.19. The Morgan fingerprint density at radius 2 is 1.50 bits per heavy atom. The van der Waals surface area contributed by atoms with E-state index in [-0.39, 0.29) is 5.97 Å². The lowest BCUT2D eigenvalue weighted by atomic mass is 10.2. The highest BCUT2D eigenvalue weighted by Gasteiger charge is 2.36. The van der Waals surface area contributed by atoms with Gasteiger partial charge in [0, 0.05) is 27.4 Å². The fourth-order valence-electron chi connectivity index (χ4n) is 1.69. The minimum Gasteiger partial charge on any atom is -0.465 e. The number of esters is 1. The van der Waals surface area contributed by atoms with Crippen LogP contribution in [0.5, 0.6) is 0 Å². The summed E-state index contributed by atoms with van der Waals surface area (Å²) in [5.41, 5.74) is 0. The van der Waals surface area contributed by atoms with Crippen LogP contribution in [-0.2, 0) is 22.8 Å². The molecule has 0 unspecified atom stereocenters. The first-order valence-corrected chi connectivity index (χ1v) is 9.55. The lowest BCUT2D eigenvalue weighted by Crippen LogP contribution is -2.42. The van der Waals surface area contributed by atoms with E-state index in [1.165, 1.54) is 0 Å². The molecule has 0 fully saturated rings. The number of alkyl halides is 1. The largest absolute Gasteiger partial charge is 0.500 e. The monoisotopic (exact) mass is 370 g/mol. The Balaban J connectivity index is 3.66. The average molecular weight is 371 g/mol. The standard InChI is InChI=1S/C13H27BrO5Si/c1-13(2,14)12(15)19-10-8-6-7-9-11-20(16-3,17-4)18-5/h6-11H2,1-5H3. The highest BCUT2D eigenvalue weighted by atomic mass is 79.9. The Bertz CT molecular complexity index is 268. The van der Waals surface area contributed by atoms with Crippen LogP contribution in [0.4, 0.5) is 0 Å². The Hall–Kier alpha value is 0.0469. The fraction of sp³-hybridized carbons (Fsp3) is 0.923. The van der Waals surface area contributed by atoms with Gasteiger partial charge >= 0.3 is 14.8 Å². The minimum absolute atomic E-state index is 0.220. The lowest BCUT2D eigenvalue weighted by molar-refractivity contribution is -0.145. The normalized spacial score (nSPS) is 12.5. The number of hydrogen-bond acceptors (Lipinski definition) is 5. The van der Waals surface area contributed by atoms with Crippen molar-refractivity contribution in [1.82, 2.24) is 0 Å². The van der Waals surface area contributed by atoms with Gasteiger partial charge in [-0.15, -0.1) is 0 Å². The Morgan fingerprint density at radius 3 is 1.95 bits per heavy atom. The summed E-state index contributed by atoms with van der Waals surface area (Å²) in [4.78, 5) is 11.5. The number of unbranched alkanes of at least 4 members (excludes halogenated alkanes) is 3. The third kappa shape index (κ3) is 7.73. The van der Waals surface area contributed by atoms with E-state index in [0.717, 1.165) is 31.7 Å². The quantitative estimate of drug-likeness (QED) is 0.242. The van der Waals surface area contributed by atoms with E-state index in [1.54, 1.807) is 35.2 Å². The molecule has 0 aromatic heterocycles. The van der Waals surface area contributed by atoms with Crippen molar-refractivity contribution in [3.63, 3.8) is 0 Å². The van der Waals surface area contributed by atoms with Gasteiger partial charge in [0.05, 0.1) is 6.61 Å². The van der Waals surface area contributed by atoms with E-state index in [2.05, 4.69) is 15.9 Å². The van der Waals surface area contributed by atoms with Gasteiger partial charge in [-0.1, -0.05) is 28.8 Å². The number of carbonyl (C=O) groups is 1. The Kier molecular flexibility index (Phi) is 9.91. The van der Waals surface area contributed by atoms with Crippen LogP contribution in [0.1, 0.15) is 39.5 Å². The van der Waals surface area contributed by atoms with E-state index in [1.807, 2.05) is 0 Å². The molecule has 0 atom stereocenters. The van der Waals surface area contributed by atoms with Crippen molar-refractivity contribution in [3.8, 4) is 0 Å². The van der Waals surface area contributed by atoms with Crippen LogP contribution in [0, 0.1) is 0 Å². The molecule has 0 aromatic rings. The molecule has 0 aliphatic heterocycles. The second kappa shape index (κ2) is 9.89. The van der Waals surface area contributed by atoms with Gasteiger partial charge in [0.1, 0.15) is 4.32 Å². The van der Waals surface area contributed by atoms with Gasteiger partial charge in [-0.05, 0) is 26.7 Å². The number of rotatable bonds is 11. The highest BCUT2D eigenvalue weighted by molar-refractivity contribution is 9.10. The first-order chi connectivity index (χ1) is 9.31. The molecule has 20 heavy (non-hydrogen) atoms. The van der Waals surface area contributed by atoms with Gasteiger partial charge in [0.25, 0.3) is 0 Å². The summed E-state index contributed by atoms with van der Waals surface area (Å²) in [7, 11) is 2.46. The van der Waals surface area contributed by atoms with Crippen LogP contribution in [0.15, 0.2) is 0 Å². The number of halogens is 1. The van der Waals surface area contributed by atoms with Crippen molar-refractivity contribution in [2.24, 2.45) is 0 Å². The third-order valence-electron chi connectivity index (χ3n) is 3.03. The Morgan fingerprint density at radius 1 is 1.00 bits per heavy atom. The molecule has 0 heterocycles. The first kappa shape index (κ1) is 20.0. The molecule has 0 radical (unpaired) electrons. The van der Waals surface area contributed by atoms with Crippen LogP contribution in [0.3, 0.4) is 0 Å².